The van der Waals surface area contributed by atoms with Crippen molar-refractivity contribution in [1.29, 1.82) is 0 Å². The maximum absolute atomic E-state index is 13.4. The van der Waals surface area contributed by atoms with Gasteiger partial charge in [0.2, 0.25) is 10.0 Å². The molecule has 0 aliphatic carbocycles. The zero-order valence-corrected chi connectivity index (χ0v) is 22.9. The molecule has 0 radical (unpaired) electrons. The Bertz CT molecular complexity index is 1270. The Hall–Kier alpha value is -2.90. The number of benzene rings is 2. The van der Waals surface area contributed by atoms with Crippen LogP contribution < -0.4 is 9.62 Å². The predicted octanol–water partition coefficient (Wildman–Crippen LogP) is 4.75. The molecule has 3 rings (SSSR count). The largest absolute Gasteiger partial charge is 0.471 e. The molecule has 0 aromatic heterocycles. The molecule has 0 spiro atoms. The van der Waals surface area contributed by atoms with Crippen LogP contribution in [-0.2, 0) is 31.9 Å². The molecule has 0 bridgehead atoms. The van der Waals surface area contributed by atoms with Gasteiger partial charge in [0.05, 0.1) is 17.5 Å². The van der Waals surface area contributed by atoms with Crippen LogP contribution in [0.25, 0.3) is 0 Å². The number of rotatable bonds is 9. The highest BCUT2D eigenvalue weighted by atomic mass is 79.9. The Morgan fingerprint density at radius 2 is 1.89 bits per heavy atom. The number of amides is 2. The minimum Gasteiger partial charge on any atom is -0.445 e. The lowest BCUT2D eigenvalue weighted by Crippen LogP contribution is -2.41. The molecule has 38 heavy (non-hydrogen) atoms. The van der Waals surface area contributed by atoms with Gasteiger partial charge in [-0.3, -0.25) is 9.69 Å². The number of hydrogen-bond acceptors (Lipinski definition) is 5. The number of halogens is 4. The summed E-state index contributed by atoms with van der Waals surface area (Å²) in [5.41, 5.74) is 1.07. The van der Waals surface area contributed by atoms with Crippen LogP contribution in [0.4, 0.5) is 23.7 Å². The monoisotopic (exact) mass is 617 g/mol. The van der Waals surface area contributed by atoms with E-state index in [0.29, 0.717) is 29.8 Å². The van der Waals surface area contributed by atoms with Gasteiger partial charge in [0.1, 0.15) is 6.61 Å². The highest BCUT2D eigenvalue weighted by molar-refractivity contribution is 9.10. The molecule has 1 unspecified atom stereocenters. The number of sulfonamides is 1. The minimum atomic E-state index is -5.14. The van der Waals surface area contributed by atoms with Crippen molar-refractivity contribution in [2.75, 3.05) is 25.0 Å². The second-order valence-electron chi connectivity index (χ2n) is 8.53. The minimum absolute atomic E-state index is 0.0758. The molecule has 1 aliphatic heterocycles. The Labute approximate surface area is 227 Å². The third-order valence-corrected chi connectivity index (χ3v) is 7.81. The maximum Gasteiger partial charge on any atom is 0.471 e. The number of hydrogen-bond donors (Lipinski definition) is 1. The highest BCUT2D eigenvalue weighted by Crippen LogP contribution is 2.31. The fraction of sp³-hybridized carbons (Fsp3) is 0.360. The molecule has 1 aliphatic rings. The highest BCUT2D eigenvalue weighted by Gasteiger charge is 2.43. The van der Waals surface area contributed by atoms with Crippen molar-refractivity contribution < 1.29 is 35.9 Å². The van der Waals surface area contributed by atoms with Crippen LogP contribution >= 0.6 is 15.9 Å². The molecule has 1 fully saturated rings. The molecule has 2 aromatic rings. The van der Waals surface area contributed by atoms with E-state index in [0.717, 1.165) is 5.56 Å². The SMILES string of the molecule is CNS(=O)(=O)Cc1ccc(N(CC=CC2CCCN2C(=O)OCc2ccccc2)C(=O)C(F)(F)F)c(Br)c1. The van der Waals surface area contributed by atoms with Crippen molar-refractivity contribution in [3.63, 3.8) is 0 Å². The van der Waals surface area contributed by atoms with Crippen molar-refractivity contribution in [1.82, 2.24) is 9.62 Å². The van der Waals surface area contributed by atoms with Gasteiger partial charge in [0.15, 0.2) is 0 Å². The van der Waals surface area contributed by atoms with Crippen LogP contribution in [0, 0.1) is 0 Å². The lowest BCUT2D eigenvalue weighted by Gasteiger charge is -2.25. The third kappa shape index (κ3) is 8.05. The molecule has 2 amide bonds. The van der Waals surface area contributed by atoms with E-state index in [1.807, 2.05) is 30.3 Å². The lowest BCUT2D eigenvalue weighted by molar-refractivity contribution is -0.170. The number of carbonyl (C=O) groups excluding carboxylic acids is 2. The van der Waals surface area contributed by atoms with Gasteiger partial charge in [-0.15, -0.1) is 0 Å². The number of ether oxygens (including phenoxy) is 1. The number of nitrogens with one attached hydrogen (secondary N) is 1. The van der Waals surface area contributed by atoms with Crippen LogP contribution in [0.15, 0.2) is 65.2 Å². The second-order valence-corrected chi connectivity index (χ2v) is 11.3. The number of carbonyl (C=O) groups is 2. The van der Waals surface area contributed by atoms with Crippen molar-refractivity contribution in [3.8, 4) is 0 Å². The predicted molar refractivity (Wildman–Crippen MR) is 140 cm³/mol. The van der Waals surface area contributed by atoms with Gasteiger partial charge in [-0.2, -0.15) is 13.2 Å². The van der Waals surface area contributed by atoms with E-state index in [1.165, 1.54) is 36.2 Å². The molecule has 1 heterocycles. The molecule has 8 nitrogen and oxygen atoms in total. The normalized spacial score (nSPS) is 16.1. The zero-order valence-electron chi connectivity index (χ0n) is 20.4. The topological polar surface area (TPSA) is 96.0 Å². The van der Waals surface area contributed by atoms with Gasteiger partial charge in [-0.1, -0.05) is 48.6 Å². The van der Waals surface area contributed by atoms with Gasteiger partial charge in [-0.05, 0) is 59.1 Å². The fourth-order valence-electron chi connectivity index (χ4n) is 3.94. The molecular weight excluding hydrogens is 591 g/mol. The van der Waals surface area contributed by atoms with Crippen LogP contribution in [0.1, 0.15) is 24.0 Å². The van der Waals surface area contributed by atoms with Gasteiger partial charge in [-0.25, -0.2) is 17.9 Å². The van der Waals surface area contributed by atoms with Crippen LogP contribution in [0.5, 0.6) is 0 Å². The number of nitrogens with zero attached hydrogens (tertiary/aromatic N) is 2. The first-order chi connectivity index (χ1) is 17.9. The van der Waals surface area contributed by atoms with Crippen molar-refractivity contribution in [2.24, 2.45) is 0 Å². The van der Waals surface area contributed by atoms with Crippen LogP contribution in [-0.4, -0.2) is 57.7 Å². The van der Waals surface area contributed by atoms with Gasteiger partial charge < -0.3 is 9.64 Å². The van der Waals surface area contributed by atoms with Gasteiger partial charge in [0.25, 0.3) is 0 Å². The average Bonchev–Trinajstić information content (AvgIpc) is 3.34. The Morgan fingerprint density at radius 1 is 1.18 bits per heavy atom. The smallest absolute Gasteiger partial charge is 0.445 e. The molecule has 206 valence electrons. The number of anilines is 1. The third-order valence-electron chi connectivity index (χ3n) is 5.84. The summed E-state index contributed by atoms with van der Waals surface area (Å²) in [4.78, 5) is 26.9. The first-order valence-corrected chi connectivity index (χ1v) is 14.1. The first-order valence-electron chi connectivity index (χ1n) is 11.6. The maximum atomic E-state index is 13.4. The Morgan fingerprint density at radius 3 is 2.53 bits per heavy atom. The van der Waals surface area contributed by atoms with E-state index in [-0.39, 0.29) is 22.5 Å². The summed E-state index contributed by atoms with van der Waals surface area (Å²) in [5, 5.41) is 0. The Balaban J connectivity index is 1.73. The van der Waals surface area contributed by atoms with Gasteiger partial charge in [0, 0.05) is 17.6 Å². The summed E-state index contributed by atoms with van der Waals surface area (Å²) in [5.74, 6) is -2.46. The summed E-state index contributed by atoms with van der Waals surface area (Å²) >= 11 is 3.17. The molecule has 1 N–H and O–H groups in total. The summed E-state index contributed by atoms with van der Waals surface area (Å²) in [6.07, 6.45) is -1.37. The molecule has 2 aromatic carbocycles. The molecule has 0 saturated carbocycles. The van der Waals surface area contributed by atoms with Crippen molar-refractivity contribution in [3.05, 3.63) is 76.3 Å². The zero-order chi connectivity index (χ0) is 27.9. The quantitative estimate of drug-likeness (QED) is 0.410. The molecule has 1 saturated heterocycles. The number of likely N-dealkylation sites (tertiary alicyclic amines) is 1. The summed E-state index contributed by atoms with van der Waals surface area (Å²) in [6.45, 7) is 0.116. The van der Waals surface area contributed by atoms with E-state index in [9.17, 15) is 31.2 Å². The Kier molecular flexibility index (Phi) is 9.96. The summed E-state index contributed by atoms with van der Waals surface area (Å²) < 4.78 is 71.5. The van der Waals surface area contributed by atoms with Crippen LogP contribution in [0.3, 0.4) is 0 Å². The van der Waals surface area contributed by atoms with Crippen molar-refractivity contribution in [2.45, 2.75) is 37.4 Å². The van der Waals surface area contributed by atoms with Gasteiger partial charge >= 0.3 is 18.2 Å². The summed E-state index contributed by atoms with van der Waals surface area (Å²) in [6, 6.07) is 12.7. The second kappa shape index (κ2) is 12.8. The van der Waals surface area contributed by atoms with Crippen molar-refractivity contribution >= 4 is 43.6 Å². The fourth-order valence-corrected chi connectivity index (χ4v) is 5.34. The van der Waals surface area contributed by atoms with E-state index >= 15 is 0 Å². The van der Waals surface area contributed by atoms with E-state index < -0.39 is 40.8 Å². The van der Waals surface area contributed by atoms with E-state index in [1.54, 1.807) is 6.08 Å². The first kappa shape index (κ1) is 29.7. The van der Waals surface area contributed by atoms with E-state index in [4.69, 9.17) is 4.74 Å². The lowest BCUT2D eigenvalue weighted by atomic mass is 10.2. The number of alkyl halides is 3. The molecular formula is C25H27BrF3N3O5S. The van der Waals surface area contributed by atoms with E-state index in [2.05, 4.69) is 20.7 Å². The standard InChI is InChI=1S/C25H27BrF3N3O5S/c1-30-38(35,36)17-19-11-12-22(21(26)15-19)32(23(33)25(27,28)29)14-6-10-20-9-5-13-31(20)24(34)37-16-18-7-3-2-4-8-18/h2-4,6-8,10-12,15,20,30H,5,9,13-14,16-17H2,1H3. The van der Waals surface area contributed by atoms with Crippen LogP contribution in [0.2, 0.25) is 0 Å². The molecule has 1 atom stereocenters. The molecule has 13 heteroatoms. The summed E-state index contributed by atoms with van der Waals surface area (Å²) in [7, 11) is -2.35. The average molecular weight is 618 g/mol.